The van der Waals surface area contributed by atoms with Crippen LogP contribution in [0.5, 0.6) is 0 Å². The fraction of sp³-hybridized carbons (Fsp3) is 0.235. The summed E-state index contributed by atoms with van der Waals surface area (Å²) in [6.45, 7) is 2.49. The molecule has 0 bridgehead atoms. The van der Waals surface area contributed by atoms with Crippen LogP contribution in [0.15, 0.2) is 41.3 Å². The lowest BCUT2D eigenvalue weighted by molar-refractivity contribution is -0.129. The van der Waals surface area contributed by atoms with Crippen LogP contribution in [0.25, 0.3) is 0 Å². The van der Waals surface area contributed by atoms with Crippen molar-refractivity contribution in [2.45, 2.75) is 24.8 Å². The maximum Gasteiger partial charge on any atom is 0.264 e. The predicted octanol–water partition coefficient (Wildman–Crippen LogP) is 2.67. The van der Waals surface area contributed by atoms with Crippen molar-refractivity contribution in [1.29, 1.82) is 0 Å². The molecular weight excluding hydrogens is 350 g/mol. The van der Waals surface area contributed by atoms with Gasteiger partial charge < -0.3 is 4.90 Å². The highest BCUT2D eigenvalue weighted by Crippen LogP contribution is 2.25. The zero-order chi connectivity index (χ0) is 18.2. The molecule has 0 radical (unpaired) electrons. The predicted molar refractivity (Wildman–Crippen MR) is 88.4 cm³/mol. The first-order valence-electron chi connectivity index (χ1n) is 7.61. The number of nitrogens with zero attached hydrogens (tertiary/aromatic N) is 1. The molecule has 8 heteroatoms. The summed E-state index contributed by atoms with van der Waals surface area (Å²) < 4.78 is 53.7. The van der Waals surface area contributed by atoms with Crippen molar-refractivity contribution in [3.63, 3.8) is 0 Å². The lowest BCUT2D eigenvalue weighted by Gasteiger charge is -2.28. The van der Waals surface area contributed by atoms with Gasteiger partial charge in [0.1, 0.15) is 16.5 Å². The van der Waals surface area contributed by atoms with Crippen molar-refractivity contribution in [3.05, 3.63) is 59.2 Å². The number of fused-ring (bicyclic) bond motifs is 1. The first kappa shape index (κ1) is 17.3. The molecule has 1 N–H and O–H groups in total. The van der Waals surface area contributed by atoms with E-state index in [-0.39, 0.29) is 11.6 Å². The number of hydrogen-bond donors (Lipinski definition) is 1. The van der Waals surface area contributed by atoms with Crippen LogP contribution in [0.2, 0.25) is 0 Å². The van der Waals surface area contributed by atoms with Crippen LogP contribution in [-0.4, -0.2) is 25.8 Å². The third kappa shape index (κ3) is 3.63. The number of carbonyl (C=O) groups is 1. The highest BCUT2D eigenvalue weighted by Gasteiger charge is 2.22. The number of nitrogens with one attached hydrogen (secondary N) is 1. The molecule has 0 spiro atoms. The van der Waals surface area contributed by atoms with Crippen LogP contribution in [0.4, 0.5) is 14.5 Å². The van der Waals surface area contributed by atoms with Gasteiger partial charge in [-0.25, -0.2) is 17.2 Å². The SMILES string of the molecule is CC(=O)N1CCc2ccc(NS(=O)(=O)c3ccc(F)cc3F)cc2C1. The molecule has 1 amide bonds. The van der Waals surface area contributed by atoms with Gasteiger partial charge in [0.15, 0.2) is 0 Å². The third-order valence-electron chi connectivity index (χ3n) is 4.10. The molecule has 2 aromatic rings. The summed E-state index contributed by atoms with van der Waals surface area (Å²) in [6.07, 6.45) is 0.689. The van der Waals surface area contributed by atoms with Crippen molar-refractivity contribution in [1.82, 2.24) is 4.90 Å². The number of sulfonamides is 1. The first-order valence-corrected chi connectivity index (χ1v) is 9.10. The van der Waals surface area contributed by atoms with Gasteiger partial charge in [0, 0.05) is 31.8 Å². The smallest absolute Gasteiger partial charge is 0.264 e. The molecule has 0 fully saturated rings. The van der Waals surface area contributed by atoms with Gasteiger partial charge in [-0.3, -0.25) is 9.52 Å². The minimum absolute atomic E-state index is 0.0509. The average molecular weight is 366 g/mol. The fourth-order valence-electron chi connectivity index (χ4n) is 2.79. The topological polar surface area (TPSA) is 66.5 Å². The quantitative estimate of drug-likeness (QED) is 0.908. The number of carbonyl (C=O) groups excluding carboxylic acids is 1. The zero-order valence-electron chi connectivity index (χ0n) is 13.4. The zero-order valence-corrected chi connectivity index (χ0v) is 14.2. The van der Waals surface area contributed by atoms with Crippen LogP contribution in [0, 0.1) is 11.6 Å². The van der Waals surface area contributed by atoms with Crippen LogP contribution in [-0.2, 0) is 27.8 Å². The Morgan fingerprint density at radius 2 is 1.88 bits per heavy atom. The van der Waals surface area contributed by atoms with E-state index in [1.807, 2.05) is 0 Å². The van der Waals surface area contributed by atoms with Gasteiger partial charge in [-0.05, 0) is 41.8 Å². The summed E-state index contributed by atoms with van der Waals surface area (Å²) in [5, 5.41) is 0. The largest absolute Gasteiger partial charge is 0.338 e. The van der Waals surface area contributed by atoms with Gasteiger partial charge in [-0.1, -0.05) is 6.07 Å². The number of hydrogen-bond acceptors (Lipinski definition) is 3. The Balaban J connectivity index is 1.88. The molecule has 1 aliphatic heterocycles. The Morgan fingerprint density at radius 3 is 2.56 bits per heavy atom. The second-order valence-corrected chi connectivity index (χ2v) is 7.51. The van der Waals surface area contributed by atoms with Crippen molar-refractivity contribution in [2.75, 3.05) is 11.3 Å². The molecule has 1 heterocycles. The monoisotopic (exact) mass is 366 g/mol. The number of anilines is 1. The Hall–Kier alpha value is -2.48. The Labute approximate surface area is 144 Å². The fourth-order valence-corrected chi connectivity index (χ4v) is 3.90. The molecule has 3 rings (SSSR count). The summed E-state index contributed by atoms with van der Waals surface area (Å²) in [5.74, 6) is -2.06. The molecule has 1 aliphatic rings. The molecule has 0 unspecified atom stereocenters. The van der Waals surface area contributed by atoms with E-state index < -0.39 is 26.6 Å². The minimum atomic E-state index is -4.19. The second kappa shape index (κ2) is 6.44. The van der Waals surface area contributed by atoms with Crippen molar-refractivity contribution >= 4 is 21.6 Å². The van der Waals surface area contributed by atoms with E-state index in [1.54, 1.807) is 23.1 Å². The van der Waals surface area contributed by atoms with E-state index in [4.69, 9.17) is 0 Å². The van der Waals surface area contributed by atoms with Gasteiger partial charge in [0.25, 0.3) is 10.0 Å². The lowest BCUT2D eigenvalue weighted by atomic mass is 9.99. The normalized spacial score (nSPS) is 14.1. The number of rotatable bonds is 3. The van der Waals surface area contributed by atoms with Crippen LogP contribution in [0.1, 0.15) is 18.1 Å². The molecular formula is C17H16F2N2O3S. The molecule has 0 saturated heterocycles. The molecule has 5 nitrogen and oxygen atoms in total. The number of benzene rings is 2. The maximum atomic E-state index is 13.8. The van der Waals surface area contributed by atoms with E-state index in [1.165, 1.54) is 6.92 Å². The molecule has 0 aromatic heterocycles. The van der Waals surface area contributed by atoms with Gasteiger partial charge >= 0.3 is 0 Å². The van der Waals surface area contributed by atoms with Gasteiger partial charge in [-0.2, -0.15) is 0 Å². The lowest BCUT2D eigenvalue weighted by Crippen LogP contribution is -2.34. The molecule has 25 heavy (non-hydrogen) atoms. The van der Waals surface area contributed by atoms with Gasteiger partial charge in [0.2, 0.25) is 5.91 Å². The Kier molecular flexibility index (Phi) is 4.47. The van der Waals surface area contributed by atoms with E-state index in [0.717, 1.165) is 23.3 Å². The van der Waals surface area contributed by atoms with E-state index in [9.17, 15) is 22.0 Å². The summed E-state index contributed by atoms with van der Waals surface area (Å²) in [7, 11) is -4.19. The van der Waals surface area contributed by atoms with E-state index in [2.05, 4.69) is 4.72 Å². The molecule has 0 atom stereocenters. The van der Waals surface area contributed by atoms with E-state index >= 15 is 0 Å². The summed E-state index contributed by atoms with van der Waals surface area (Å²) in [5.41, 5.74) is 2.13. The Bertz CT molecular complexity index is 945. The average Bonchev–Trinajstić information content (AvgIpc) is 2.53. The van der Waals surface area contributed by atoms with Gasteiger partial charge in [0.05, 0.1) is 0 Å². The van der Waals surface area contributed by atoms with Crippen molar-refractivity contribution in [2.24, 2.45) is 0 Å². The Morgan fingerprint density at radius 1 is 1.12 bits per heavy atom. The van der Waals surface area contributed by atoms with Crippen LogP contribution < -0.4 is 4.72 Å². The standard InChI is InChI=1S/C17H16F2N2O3S/c1-11(22)21-7-6-12-2-4-15(8-13(12)10-21)20-25(23,24)17-5-3-14(18)9-16(17)19/h2-5,8-9,20H,6-7,10H2,1H3. The number of halogens is 2. The highest BCUT2D eigenvalue weighted by atomic mass is 32.2. The second-order valence-electron chi connectivity index (χ2n) is 5.85. The first-order chi connectivity index (χ1) is 11.8. The molecule has 0 saturated carbocycles. The van der Waals surface area contributed by atoms with E-state index in [0.29, 0.717) is 25.6 Å². The van der Waals surface area contributed by atoms with Crippen LogP contribution in [0.3, 0.4) is 0 Å². The number of amides is 1. The van der Waals surface area contributed by atoms with Crippen molar-refractivity contribution in [3.8, 4) is 0 Å². The van der Waals surface area contributed by atoms with Gasteiger partial charge in [-0.15, -0.1) is 0 Å². The maximum absolute atomic E-state index is 13.8. The summed E-state index contributed by atoms with van der Waals surface area (Å²) in [4.78, 5) is 12.6. The third-order valence-corrected chi connectivity index (χ3v) is 5.51. The molecule has 2 aromatic carbocycles. The highest BCUT2D eigenvalue weighted by molar-refractivity contribution is 7.92. The summed E-state index contributed by atoms with van der Waals surface area (Å²) in [6, 6.07) is 7.28. The minimum Gasteiger partial charge on any atom is -0.338 e. The van der Waals surface area contributed by atoms with Crippen LogP contribution >= 0.6 is 0 Å². The molecule has 0 aliphatic carbocycles. The molecule has 132 valence electrons. The summed E-state index contributed by atoms with van der Waals surface area (Å²) >= 11 is 0. The van der Waals surface area contributed by atoms with Crippen molar-refractivity contribution < 1.29 is 22.0 Å².